The normalized spacial score (nSPS) is 14.8. The molecule has 0 atom stereocenters. The molecule has 8 nitrogen and oxygen atoms in total. The number of benzene rings is 1. The van der Waals surface area contributed by atoms with Gasteiger partial charge in [-0.05, 0) is 41.5 Å². The summed E-state index contributed by atoms with van der Waals surface area (Å²) in [6.07, 6.45) is 0.0312. The highest BCUT2D eigenvalue weighted by Gasteiger charge is 2.31. The van der Waals surface area contributed by atoms with Gasteiger partial charge in [-0.25, -0.2) is 4.98 Å². The minimum absolute atomic E-state index is 0.0542. The van der Waals surface area contributed by atoms with Gasteiger partial charge in [0, 0.05) is 49.2 Å². The van der Waals surface area contributed by atoms with Gasteiger partial charge in [0.2, 0.25) is 0 Å². The number of nitrogens with zero attached hydrogens (tertiary/aromatic N) is 4. The lowest BCUT2D eigenvalue weighted by molar-refractivity contribution is -0.137. The van der Waals surface area contributed by atoms with Gasteiger partial charge in [-0.1, -0.05) is 6.07 Å². The van der Waals surface area contributed by atoms with Crippen LogP contribution in [0.15, 0.2) is 55.0 Å². The molecule has 3 aromatic heterocycles. The Morgan fingerprint density at radius 2 is 1.91 bits per heavy atom. The Balaban J connectivity index is 1.39. The molecule has 1 fully saturated rings. The van der Waals surface area contributed by atoms with Crippen LogP contribution in [0.4, 0.5) is 19.0 Å². The summed E-state index contributed by atoms with van der Waals surface area (Å²) in [4.78, 5) is 23.3. The zero-order valence-corrected chi connectivity index (χ0v) is 18.5. The second-order valence-corrected chi connectivity index (χ2v) is 8.18. The predicted octanol–water partition coefficient (Wildman–Crippen LogP) is 4.12. The lowest BCUT2D eigenvalue weighted by Crippen LogP contribution is -2.35. The summed E-state index contributed by atoms with van der Waals surface area (Å²) in [7, 11) is 0. The van der Waals surface area contributed by atoms with E-state index >= 15 is 0 Å². The molecule has 5 rings (SSSR count). The molecule has 35 heavy (non-hydrogen) atoms. The summed E-state index contributed by atoms with van der Waals surface area (Å²) < 4.78 is 44.3. The Bertz CT molecular complexity index is 1360. The van der Waals surface area contributed by atoms with E-state index in [0.717, 1.165) is 54.7 Å². The van der Waals surface area contributed by atoms with Crippen LogP contribution >= 0.6 is 0 Å². The lowest BCUT2D eigenvalue weighted by atomic mass is 10.0. The van der Waals surface area contributed by atoms with Gasteiger partial charge in [-0.2, -0.15) is 18.3 Å². The smallest absolute Gasteiger partial charge is 0.379 e. The van der Waals surface area contributed by atoms with E-state index in [1.807, 2.05) is 18.3 Å². The monoisotopic (exact) mass is 482 g/mol. The molecule has 1 amide bonds. The zero-order chi connectivity index (χ0) is 24.4. The molecule has 0 saturated carbocycles. The summed E-state index contributed by atoms with van der Waals surface area (Å²) in [5, 5.41) is 9.80. The number of hydrogen-bond donors (Lipinski definition) is 2. The van der Waals surface area contributed by atoms with Crippen LogP contribution in [0.25, 0.3) is 22.0 Å². The van der Waals surface area contributed by atoms with Crippen LogP contribution in [0.3, 0.4) is 0 Å². The van der Waals surface area contributed by atoms with Crippen LogP contribution in [-0.2, 0) is 17.5 Å². The van der Waals surface area contributed by atoms with Crippen molar-refractivity contribution in [3.8, 4) is 11.1 Å². The fourth-order valence-corrected chi connectivity index (χ4v) is 3.97. The number of aromatic amines is 1. The first-order valence-electron chi connectivity index (χ1n) is 10.9. The van der Waals surface area contributed by atoms with Gasteiger partial charge in [-0.15, -0.1) is 0 Å². The van der Waals surface area contributed by atoms with Gasteiger partial charge in [-0.3, -0.25) is 19.8 Å². The van der Waals surface area contributed by atoms with E-state index in [4.69, 9.17) is 4.74 Å². The highest BCUT2D eigenvalue weighted by Crippen LogP contribution is 2.30. The second kappa shape index (κ2) is 9.43. The van der Waals surface area contributed by atoms with Crippen molar-refractivity contribution < 1.29 is 22.7 Å². The Morgan fingerprint density at radius 1 is 1.09 bits per heavy atom. The number of H-pyrrole nitrogens is 1. The standard InChI is InChI=1S/C24H21F3N6O2/c25-24(26,27)18-3-4-29-21(11-18)30-23(34)22-19-10-16(1-2-20(19)31-32-22)17-9-15(12-28-13-17)14-33-5-7-35-8-6-33/h1-4,9-13H,5-8,14H2,(H,31,32)(H,29,30,34). The number of fused-ring (bicyclic) bond motifs is 1. The van der Waals surface area contributed by atoms with Crippen molar-refractivity contribution in [1.29, 1.82) is 0 Å². The summed E-state index contributed by atoms with van der Waals surface area (Å²) in [6.45, 7) is 3.92. The number of anilines is 1. The van der Waals surface area contributed by atoms with Crippen LogP contribution in [0.5, 0.6) is 0 Å². The average molecular weight is 482 g/mol. The SMILES string of the molecule is O=C(Nc1cc(C(F)(F)F)ccn1)c1n[nH]c2ccc(-c3cncc(CN4CCOCC4)c3)cc12. The van der Waals surface area contributed by atoms with E-state index in [2.05, 4.69) is 36.4 Å². The van der Waals surface area contributed by atoms with E-state index < -0.39 is 17.6 Å². The Kier molecular flexibility index (Phi) is 6.18. The van der Waals surface area contributed by atoms with Crippen molar-refractivity contribution >= 4 is 22.6 Å². The van der Waals surface area contributed by atoms with Crippen LogP contribution < -0.4 is 5.32 Å². The van der Waals surface area contributed by atoms with Gasteiger partial charge in [0.05, 0.1) is 24.3 Å². The summed E-state index contributed by atoms with van der Waals surface area (Å²) in [5.41, 5.74) is 2.55. The van der Waals surface area contributed by atoms with Gasteiger partial charge in [0.15, 0.2) is 5.69 Å². The van der Waals surface area contributed by atoms with Crippen molar-refractivity contribution in [1.82, 2.24) is 25.1 Å². The topological polar surface area (TPSA) is 96.0 Å². The van der Waals surface area contributed by atoms with Crippen molar-refractivity contribution in [3.05, 3.63) is 71.8 Å². The minimum Gasteiger partial charge on any atom is -0.379 e. The number of halogens is 3. The van der Waals surface area contributed by atoms with E-state index in [1.165, 1.54) is 0 Å². The van der Waals surface area contributed by atoms with Crippen LogP contribution in [0.2, 0.25) is 0 Å². The van der Waals surface area contributed by atoms with Gasteiger partial charge in [0.1, 0.15) is 5.82 Å². The second-order valence-electron chi connectivity index (χ2n) is 8.18. The average Bonchev–Trinajstić information content (AvgIpc) is 3.28. The maximum absolute atomic E-state index is 13.0. The maximum atomic E-state index is 13.0. The number of morpholine rings is 1. The zero-order valence-electron chi connectivity index (χ0n) is 18.5. The van der Waals surface area contributed by atoms with Gasteiger partial charge in [0.25, 0.3) is 5.91 Å². The fraction of sp³-hybridized carbons (Fsp3) is 0.250. The molecule has 180 valence electrons. The first-order chi connectivity index (χ1) is 16.9. The van der Waals surface area contributed by atoms with Crippen molar-refractivity contribution in [2.24, 2.45) is 0 Å². The number of nitrogens with one attached hydrogen (secondary N) is 2. The number of hydrogen-bond acceptors (Lipinski definition) is 6. The van der Waals surface area contributed by atoms with Crippen LogP contribution in [0.1, 0.15) is 21.6 Å². The Labute approximate surface area is 198 Å². The number of carbonyl (C=O) groups excluding carboxylic acids is 1. The molecule has 1 saturated heterocycles. The molecule has 0 spiro atoms. The molecule has 1 aromatic carbocycles. The van der Waals surface area contributed by atoms with E-state index in [9.17, 15) is 18.0 Å². The maximum Gasteiger partial charge on any atom is 0.416 e. The number of alkyl halides is 3. The Hall–Kier alpha value is -3.83. The number of aromatic nitrogens is 4. The molecule has 0 radical (unpaired) electrons. The molecule has 1 aliphatic heterocycles. The number of carbonyl (C=O) groups is 1. The van der Waals surface area contributed by atoms with E-state index in [1.54, 1.807) is 12.3 Å². The van der Waals surface area contributed by atoms with Crippen molar-refractivity contribution in [2.45, 2.75) is 12.7 Å². The van der Waals surface area contributed by atoms with E-state index in [0.29, 0.717) is 24.1 Å². The predicted molar refractivity (Wildman–Crippen MR) is 123 cm³/mol. The van der Waals surface area contributed by atoms with Crippen LogP contribution in [0, 0.1) is 0 Å². The molecule has 4 aromatic rings. The van der Waals surface area contributed by atoms with Crippen molar-refractivity contribution in [3.63, 3.8) is 0 Å². The highest BCUT2D eigenvalue weighted by atomic mass is 19.4. The third kappa shape index (κ3) is 5.15. The molecular weight excluding hydrogens is 461 g/mol. The molecule has 4 heterocycles. The largest absolute Gasteiger partial charge is 0.416 e. The Morgan fingerprint density at radius 3 is 2.71 bits per heavy atom. The molecule has 2 N–H and O–H groups in total. The first-order valence-corrected chi connectivity index (χ1v) is 10.9. The van der Waals surface area contributed by atoms with Crippen molar-refractivity contribution in [2.75, 3.05) is 31.6 Å². The summed E-state index contributed by atoms with van der Waals surface area (Å²) >= 11 is 0. The molecule has 11 heteroatoms. The van der Waals surface area contributed by atoms with Gasteiger partial charge < -0.3 is 10.1 Å². The minimum atomic E-state index is -4.54. The summed E-state index contributed by atoms with van der Waals surface area (Å²) in [5.74, 6) is -0.878. The number of pyridine rings is 2. The van der Waals surface area contributed by atoms with Gasteiger partial charge >= 0.3 is 6.18 Å². The quantitative estimate of drug-likeness (QED) is 0.444. The number of ether oxygens (including phenoxy) is 1. The summed E-state index contributed by atoms with van der Waals surface area (Å²) in [6, 6.07) is 9.17. The third-order valence-corrected chi connectivity index (χ3v) is 5.74. The first kappa shape index (κ1) is 22.9. The molecule has 0 unspecified atom stereocenters. The fourth-order valence-electron chi connectivity index (χ4n) is 3.97. The number of amides is 1. The highest BCUT2D eigenvalue weighted by molar-refractivity contribution is 6.11. The van der Waals surface area contributed by atoms with E-state index in [-0.39, 0.29) is 11.5 Å². The lowest BCUT2D eigenvalue weighted by Gasteiger charge is -2.26. The molecule has 1 aliphatic rings. The van der Waals surface area contributed by atoms with Crippen LogP contribution in [-0.4, -0.2) is 57.3 Å². The number of rotatable bonds is 5. The third-order valence-electron chi connectivity index (χ3n) is 5.74. The molecular formula is C24H21F3N6O2. The molecule has 0 aliphatic carbocycles. The molecule has 0 bridgehead atoms.